The molecule has 2 heterocycles. The van der Waals surface area contributed by atoms with Crippen molar-refractivity contribution in [2.45, 2.75) is 19.4 Å². The van der Waals surface area contributed by atoms with Crippen LogP contribution in [0, 0.1) is 5.41 Å². The number of hydrazine groups is 1. The van der Waals surface area contributed by atoms with E-state index >= 15 is 0 Å². The molecule has 0 aromatic heterocycles. The zero-order valence-corrected chi connectivity index (χ0v) is 20.9. The van der Waals surface area contributed by atoms with Gasteiger partial charge < -0.3 is 4.74 Å². The lowest BCUT2D eigenvalue weighted by Gasteiger charge is -2.38. The van der Waals surface area contributed by atoms with E-state index in [2.05, 4.69) is 22.5 Å². The van der Waals surface area contributed by atoms with Crippen molar-refractivity contribution in [2.24, 2.45) is 5.41 Å². The molecule has 0 aliphatic carbocycles. The van der Waals surface area contributed by atoms with Gasteiger partial charge in [-0.15, -0.1) is 0 Å². The Labute approximate surface area is 213 Å². The summed E-state index contributed by atoms with van der Waals surface area (Å²) in [6, 6.07) is 26.3. The van der Waals surface area contributed by atoms with Crippen LogP contribution in [-0.4, -0.2) is 28.5 Å². The third-order valence-corrected chi connectivity index (χ3v) is 7.30. The highest BCUT2D eigenvalue weighted by molar-refractivity contribution is 9.15. The summed E-state index contributed by atoms with van der Waals surface area (Å²) in [4.78, 5) is 27.8. The van der Waals surface area contributed by atoms with Gasteiger partial charge in [0.05, 0.1) is 18.3 Å². The van der Waals surface area contributed by atoms with E-state index in [9.17, 15) is 9.59 Å². The van der Waals surface area contributed by atoms with Crippen LogP contribution in [0.25, 0.3) is 4.48 Å². The number of hydrogen-bond acceptors (Lipinski definition) is 4. The minimum absolute atomic E-state index is 0.225. The predicted molar refractivity (Wildman–Crippen MR) is 139 cm³/mol. The lowest BCUT2D eigenvalue weighted by molar-refractivity contribution is -0.154. The molecule has 0 N–H and O–H groups in total. The van der Waals surface area contributed by atoms with E-state index in [4.69, 9.17) is 4.74 Å². The third-order valence-electron chi connectivity index (χ3n) is 6.67. The minimum Gasteiger partial charge on any atom is -0.465 e. The van der Waals surface area contributed by atoms with Crippen molar-refractivity contribution in [3.8, 4) is 0 Å². The average molecular weight is 529 g/mol. The molecule has 6 heteroatoms. The van der Waals surface area contributed by atoms with Crippen molar-refractivity contribution in [3.05, 3.63) is 126 Å². The SMILES string of the molecule is C=C1N(C(=O)c2ccccc2)N2C=C(Br)c3ccccc3[C@@H]2[C@@]1(Cc1ccccc1)C(=O)OCC. The Kier molecular flexibility index (Phi) is 6.07. The van der Waals surface area contributed by atoms with E-state index in [1.165, 1.54) is 5.01 Å². The minimum atomic E-state index is -1.22. The van der Waals surface area contributed by atoms with E-state index in [1.54, 1.807) is 19.1 Å². The van der Waals surface area contributed by atoms with E-state index in [-0.39, 0.29) is 12.5 Å². The second-order valence-corrected chi connectivity index (χ2v) is 9.49. The Balaban J connectivity index is 1.75. The van der Waals surface area contributed by atoms with Crippen LogP contribution < -0.4 is 0 Å². The van der Waals surface area contributed by atoms with E-state index in [0.29, 0.717) is 17.7 Å². The molecule has 5 rings (SSSR count). The number of ether oxygens (including phenoxy) is 1. The number of nitrogens with zero attached hydrogens (tertiary/aromatic N) is 2. The summed E-state index contributed by atoms with van der Waals surface area (Å²) in [5.74, 6) is -0.649. The topological polar surface area (TPSA) is 49.9 Å². The number of hydrogen-bond donors (Lipinski definition) is 0. The number of carbonyl (C=O) groups excluding carboxylic acids is 2. The van der Waals surface area contributed by atoms with Crippen LogP contribution in [0.4, 0.5) is 0 Å². The maximum absolute atomic E-state index is 14.0. The average Bonchev–Trinajstić information content (AvgIpc) is 3.13. The Morgan fingerprint density at radius 1 is 0.971 bits per heavy atom. The second-order valence-electron chi connectivity index (χ2n) is 8.63. The number of halogens is 1. The summed E-state index contributed by atoms with van der Waals surface area (Å²) in [6.07, 6.45) is 2.20. The van der Waals surface area contributed by atoms with Crippen molar-refractivity contribution in [1.29, 1.82) is 0 Å². The molecular weight excluding hydrogens is 504 g/mol. The van der Waals surface area contributed by atoms with Crippen LogP contribution in [0.3, 0.4) is 0 Å². The highest BCUT2D eigenvalue weighted by Gasteiger charge is 2.62. The zero-order valence-electron chi connectivity index (χ0n) is 19.4. The van der Waals surface area contributed by atoms with E-state index in [0.717, 1.165) is 21.2 Å². The highest BCUT2D eigenvalue weighted by atomic mass is 79.9. The molecule has 1 amide bonds. The fraction of sp³-hybridized carbons (Fsp3) is 0.172. The monoisotopic (exact) mass is 528 g/mol. The normalized spacial score (nSPS) is 20.7. The van der Waals surface area contributed by atoms with Gasteiger partial charge in [0.15, 0.2) is 0 Å². The van der Waals surface area contributed by atoms with Crippen molar-refractivity contribution >= 4 is 32.3 Å². The highest BCUT2D eigenvalue weighted by Crippen LogP contribution is 2.58. The number of carbonyl (C=O) groups is 2. The van der Waals surface area contributed by atoms with Crippen molar-refractivity contribution < 1.29 is 14.3 Å². The van der Waals surface area contributed by atoms with Crippen LogP contribution in [0.15, 0.2) is 103 Å². The third kappa shape index (κ3) is 3.69. The van der Waals surface area contributed by atoms with Crippen molar-refractivity contribution in [2.75, 3.05) is 6.61 Å². The Morgan fingerprint density at radius 3 is 2.29 bits per heavy atom. The van der Waals surface area contributed by atoms with Crippen LogP contribution in [0.5, 0.6) is 0 Å². The molecule has 176 valence electrons. The first kappa shape index (κ1) is 23.1. The lowest BCUT2D eigenvalue weighted by atomic mass is 9.70. The molecule has 1 saturated heterocycles. The van der Waals surface area contributed by atoms with Gasteiger partial charge in [0, 0.05) is 16.2 Å². The van der Waals surface area contributed by atoms with Gasteiger partial charge in [-0.25, -0.2) is 5.01 Å². The molecule has 5 nitrogen and oxygen atoms in total. The molecule has 3 aromatic rings. The Hall–Kier alpha value is -3.64. The number of amides is 1. The Morgan fingerprint density at radius 2 is 1.60 bits per heavy atom. The Bertz CT molecular complexity index is 1320. The number of benzene rings is 3. The summed E-state index contributed by atoms with van der Waals surface area (Å²) < 4.78 is 6.52. The molecule has 35 heavy (non-hydrogen) atoms. The summed E-state index contributed by atoms with van der Waals surface area (Å²) in [7, 11) is 0. The van der Waals surface area contributed by atoms with Crippen LogP contribution in [0.2, 0.25) is 0 Å². The quantitative estimate of drug-likeness (QED) is 0.374. The first-order valence-electron chi connectivity index (χ1n) is 11.5. The molecule has 2 aliphatic heterocycles. The molecule has 0 radical (unpaired) electrons. The fourth-order valence-electron chi connectivity index (χ4n) is 5.11. The molecule has 0 saturated carbocycles. The molecule has 3 aromatic carbocycles. The van der Waals surface area contributed by atoms with E-state index in [1.807, 2.05) is 84.0 Å². The summed E-state index contributed by atoms with van der Waals surface area (Å²) in [5.41, 5.74) is 2.54. The standard InChI is InChI=1S/C29H25BrN2O3/c1-3-35-28(34)29(18-21-12-6-4-7-13-21)20(2)32(27(33)22-14-8-5-9-15-22)31-19-25(30)23-16-10-11-17-24(23)26(29)31/h4-17,19,26H,2-3,18H2,1H3/t26-,29+/m1/s1. The van der Waals surface area contributed by atoms with Gasteiger partial charge in [-0.2, -0.15) is 0 Å². The molecule has 1 fully saturated rings. The zero-order chi connectivity index (χ0) is 24.6. The summed E-state index contributed by atoms with van der Waals surface area (Å²) in [5, 5.41) is 3.38. The first-order valence-corrected chi connectivity index (χ1v) is 12.3. The molecule has 2 aliphatic rings. The van der Waals surface area contributed by atoms with Gasteiger partial charge in [0.2, 0.25) is 0 Å². The van der Waals surface area contributed by atoms with E-state index < -0.39 is 17.4 Å². The first-order chi connectivity index (χ1) is 17.0. The van der Waals surface area contributed by atoms with Crippen molar-refractivity contribution in [1.82, 2.24) is 10.0 Å². The van der Waals surface area contributed by atoms with Gasteiger partial charge in [-0.05, 0) is 58.1 Å². The molecule has 0 bridgehead atoms. The maximum Gasteiger partial charge on any atom is 0.321 e. The fourth-order valence-corrected chi connectivity index (χ4v) is 5.69. The largest absolute Gasteiger partial charge is 0.465 e. The second kappa shape index (κ2) is 9.19. The van der Waals surface area contributed by atoms with Gasteiger partial charge in [0.1, 0.15) is 5.41 Å². The lowest BCUT2D eigenvalue weighted by Crippen LogP contribution is -2.42. The molecule has 0 spiro atoms. The summed E-state index contributed by atoms with van der Waals surface area (Å²) >= 11 is 3.68. The summed E-state index contributed by atoms with van der Waals surface area (Å²) in [6.45, 7) is 6.39. The smallest absolute Gasteiger partial charge is 0.321 e. The van der Waals surface area contributed by atoms with Gasteiger partial charge in [0.25, 0.3) is 5.91 Å². The molecule has 0 unspecified atom stereocenters. The van der Waals surface area contributed by atoms with Crippen molar-refractivity contribution in [3.63, 3.8) is 0 Å². The van der Waals surface area contributed by atoms with Gasteiger partial charge in [-0.1, -0.05) is 79.4 Å². The van der Waals surface area contributed by atoms with Crippen LogP contribution in [0.1, 0.15) is 40.0 Å². The van der Waals surface area contributed by atoms with Gasteiger partial charge in [-0.3, -0.25) is 14.6 Å². The molecule has 2 atom stereocenters. The van der Waals surface area contributed by atoms with Crippen LogP contribution in [-0.2, 0) is 16.0 Å². The predicted octanol–water partition coefficient (Wildman–Crippen LogP) is 6.11. The maximum atomic E-state index is 14.0. The van der Waals surface area contributed by atoms with Crippen LogP contribution >= 0.6 is 15.9 Å². The van der Waals surface area contributed by atoms with Gasteiger partial charge >= 0.3 is 5.97 Å². The number of esters is 1. The molecular formula is C29H25BrN2O3. The number of rotatable bonds is 5. The number of fused-ring (bicyclic) bond motifs is 3.